The Kier molecular flexibility index (Phi) is 4.43. The van der Waals surface area contributed by atoms with E-state index in [2.05, 4.69) is 11.7 Å². The molecule has 1 N–H and O–H groups in total. The first-order chi connectivity index (χ1) is 12.1. The quantitative estimate of drug-likeness (QED) is 0.585. The van der Waals surface area contributed by atoms with Crippen molar-refractivity contribution in [3.63, 3.8) is 0 Å². The number of rotatable bonds is 4. The lowest BCUT2D eigenvalue weighted by Crippen LogP contribution is -2.33. The third kappa shape index (κ3) is 3.48. The van der Waals surface area contributed by atoms with Gasteiger partial charge in [-0.25, -0.2) is 4.68 Å². The molecule has 0 fully saturated rings. The number of para-hydroxylation sites is 1. The average Bonchev–Trinajstić information content (AvgIpc) is 2.91. The molecule has 0 atom stereocenters. The normalized spacial score (nSPS) is 11.9. The molecule has 6 heteroatoms. The molecular formula is C19H15N3O3. The molecule has 2 aromatic carbocycles. The highest BCUT2D eigenvalue weighted by Gasteiger charge is 2.04. The Morgan fingerprint density at radius 2 is 1.88 bits per heavy atom. The molecule has 0 aliphatic heterocycles. The highest BCUT2D eigenvalue weighted by atomic mass is 16.6. The van der Waals surface area contributed by atoms with Crippen molar-refractivity contribution in [2.45, 2.75) is 0 Å². The molecule has 0 aliphatic carbocycles. The van der Waals surface area contributed by atoms with E-state index in [0.29, 0.717) is 16.1 Å². The molecule has 1 aromatic heterocycles. The van der Waals surface area contributed by atoms with E-state index in [1.807, 2.05) is 30.3 Å². The number of aromatic amines is 1. The number of nitro groups is 1. The van der Waals surface area contributed by atoms with E-state index in [-0.39, 0.29) is 11.2 Å². The molecule has 0 amide bonds. The lowest BCUT2D eigenvalue weighted by atomic mass is 10.2. The van der Waals surface area contributed by atoms with E-state index < -0.39 is 4.92 Å². The van der Waals surface area contributed by atoms with Crippen LogP contribution in [0.4, 0.5) is 5.69 Å². The summed E-state index contributed by atoms with van der Waals surface area (Å²) in [6.45, 7) is 3.86. The predicted molar refractivity (Wildman–Crippen MR) is 97.8 cm³/mol. The van der Waals surface area contributed by atoms with E-state index >= 15 is 0 Å². The Balaban J connectivity index is 1.96. The van der Waals surface area contributed by atoms with E-state index in [0.717, 1.165) is 5.69 Å². The lowest BCUT2D eigenvalue weighted by Gasteiger charge is -1.98. The Labute approximate surface area is 142 Å². The Morgan fingerprint density at radius 1 is 1.12 bits per heavy atom. The van der Waals surface area contributed by atoms with E-state index in [1.54, 1.807) is 30.4 Å². The lowest BCUT2D eigenvalue weighted by molar-refractivity contribution is -0.384. The van der Waals surface area contributed by atoms with Gasteiger partial charge >= 0.3 is 0 Å². The van der Waals surface area contributed by atoms with Crippen LogP contribution in [-0.4, -0.2) is 14.7 Å². The van der Waals surface area contributed by atoms with Gasteiger partial charge in [-0.15, -0.1) is 0 Å². The van der Waals surface area contributed by atoms with Gasteiger partial charge in [-0.3, -0.25) is 20.0 Å². The predicted octanol–water partition coefficient (Wildman–Crippen LogP) is 1.98. The first-order valence-electron chi connectivity index (χ1n) is 7.54. The van der Waals surface area contributed by atoms with Crippen molar-refractivity contribution in [3.05, 3.63) is 97.3 Å². The van der Waals surface area contributed by atoms with Gasteiger partial charge in [0.25, 0.3) is 11.2 Å². The van der Waals surface area contributed by atoms with Crippen molar-refractivity contribution in [1.29, 1.82) is 0 Å². The molecular weight excluding hydrogens is 318 g/mol. The van der Waals surface area contributed by atoms with E-state index in [9.17, 15) is 14.9 Å². The van der Waals surface area contributed by atoms with Gasteiger partial charge < -0.3 is 0 Å². The summed E-state index contributed by atoms with van der Waals surface area (Å²) < 4.78 is 1.43. The number of aromatic nitrogens is 2. The molecule has 6 nitrogen and oxygen atoms in total. The largest absolute Gasteiger partial charge is 0.291 e. The minimum atomic E-state index is -0.445. The second-order valence-electron chi connectivity index (χ2n) is 5.36. The van der Waals surface area contributed by atoms with Crippen LogP contribution < -0.4 is 16.1 Å². The Bertz CT molecular complexity index is 1110. The molecule has 3 aromatic rings. The fraction of sp³-hybridized carbons (Fsp3) is 0. The molecule has 124 valence electrons. The molecule has 0 unspecified atom stereocenters. The van der Waals surface area contributed by atoms with Crippen LogP contribution in [0.1, 0.15) is 5.56 Å². The molecule has 0 bridgehead atoms. The molecule has 0 spiro atoms. The maximum absolute atomic E-state index is 12.5. The van der Waals surface area contributed by atoms with Gasteiger partial charge in [0.2, 0.25) is 0 Å². The summed E-state index contributed by atoms with van der Waals surface area (Å²) >= 11 is 0. The van der Waals surface area contributed by atoms with Crippen LogP contribution in [0.5, 0.6) is 0 Å². The highest BCUT2D eigenvalue weighted by molar-refractivity contribution is 5.59. The summed E-state index contributed by atoms with van der Waals surface area (Å²) in [4.78, 5) is 22.9. The first kappa shape index (κ1) is 16.2. The number of benzene rings is 2. The topological polar surface area (TPSA) is 80.9 Å². The van der Waals surface area contributed by atoms with Crippen LogP contribution in [-0.2, 0) is 0 Å². The second-order valence-corrected chi connectivity index (χ2v) is 5.36. The number of non-ortho nitro benzene ring substituents is 1. The average molecular weight is 333 g/mol. The number of hydrogen-bond acceptors (Lipinski definition) is 3. The summed E-state index contributed by atoms with van der Waals surface area (Å²) in [5.41, 5.74) is 1.21. The molecule has 0 saturated carbocycles. The smallest absolute Gasteiger partial charge is 0.279 e. The van der Waals surface area contributed by atoms with Crippen molar-refractivity contribution in [2.75, 3.05) is 0 Å². The van der Waals surface area contributed by atoms with Crippen LogP contribution in [0.15, 0.2) is 65.5 Å². The summed E-state index contributed by atoms with van der Waals surface area (Å²) in [6, 6.07) is 15.5. The highest BCUT2D eigenvalue weighted by Crippen LogP contribution is 2.13. The minimum absolute atomic E-state index is 0.0214. The Morgan fingerprint density at radius 3 is 2.60 bits per heavy atom. The van der Waals surface area contributed by atoms with Crippen LogP contribution in [0.2, 0.25) is 0 Å². The summed E-state index contributed by atoms with van der Waals surface area (Å²) in [5, 5.41) is 14.7. The van der Waals surface area contributed by atoms with Gasteiger partial charge in [0, 0.05) is 12.1 Å². The summed E-state index contributed by atoms with van der Waals surface area (Å²) in [7, 11) is 0. The van der Waals surface area contributed by atoms with Gasteiger partial charge in [-0.2, -0.15) is 0 Å². The van der Waals surface area contributed by atoms with Crippen LogP contribution in [0.3, 0.4) is 0 Å². The van der Waals surface area contributed by atoms with Gasteiger partial charge in [0.05, 0.1) is 21.2 Å². The van der Waals surface area contributed by atoms with Crippen molar-refractivity contribution in [3.8, 4) is 5.69 Å². The zero-order valence-electron chi connectivity index (χ0n) is 13.3. The molecule has 0 aliphatic rings. The molecule has 3 rings (SSSR count). The zero-order chi connectivity index (χ0) is 17.8. The number of H-pyrrole nitrogens is 1. The fourth-order valence-corrected chi connectivity index (χ4v) is 2.42. The fourth-order valence-electron chi connectivity index (χ4n) is 2.42. The number of hydrogen-bond donors (Lipinski definition) is 1. The molecule has 1 heterocycles. The third-order valence-corrected chi connectivity index (χ3v) is 3.65. The van der Waals surface area contributed by atoms with Gasteiger partial charge in [-0.05, 0) is 23.8 Å². The van der Waals surface area contributed by atoms with Gasteiger partial charge in [0.1, 0.15) is 0 Å². The number of allylic oxidation sites excluding steroid dienone is 1. The number of nitrogens with zero attached hydrogens (tertiary/aromatic N) is 2. The first-order valence-corrected chi connectivity index (χ1v) is 7.54. The maximum Gasteiger partial charge on any atom is 0.279 e. The van der Waals surface area contributed by atoms with Crippen molar-refractivity contribution in [2.24, 2.45) is 0 Å². The van der Waals surface area contributed by atoms with Crippen molar-refractivity contribution in [1.82, 2.24) is 9.78 Å². The maximum atomic E-state index is 12.5. The summed E-state index contributed by atoms with van der Waals surface area (Å²) in [6.07, 6.45) is 5.01. The van der Waals surface area contributed by atoms with Crippen molar-refractivity contribution < 1.29 is 4.92 Å². The van der Waals surface area contributed by atoms with Gasteiger partial charge in [-0.1, -0.05) is 49.1 Å². The summed E-state index contributed by atoms with van der Waals surface area (Å²) in [5.74, 6) is 0. The monoisotopic (exact) mass is 333 g/mol. The SMILES string of the molecule is C=c1[nH]n(-c2ccccc2)c(=O)c1=CC=Cc1cccc([N+](=O)[O-])c1. The third-order valence-electron chi connectivity index (χ3n) is 3.65. The number of nitro benzene ring substituents is 1. The number of nitrogens with one attached hydrogen (secondary N) is 1. The van der Waals surface area contributed by atoms with E-state index in [1.165, 1.54) is 16.8 Å². The van der Waals surface area contributed by atoms with E-state index in [4.69, 9.17) is 0 Å². The van der Waals surface area contributed by atoms with Crippen LogP contribution >= 0.6 is 0 Å². The Hall–Kier alpha value is -3.67. The zero-order valence-corrected chi connectivity index (χ0v) is 13.3. The minimum Gasteiger partial charge on any atom is -0.291 e. The van der Waals surface area contributed by atoms with Crippen LogP contribution in [0, 0.1) is 10.1 Å². The molecule has 25 heavy (non-hydrogen) atoms. The molecule has 0 saturated heterocycles. The standard InChI is InChI=1S/C19H15N3O3/c1-14-18(19(23)21(20-14)16-9-3-2-4-10-16)12-6-8-15-7-5-11-17(13-15)22(24)25/h2-13,20H,1H2. The molecule has 0 radical (unpaired) electrons. The van der Waals surface area contributed by atoms with Crippen molar-refractivity contribution >= 4 is 24.4 Å². The second kappa shape index (κ2) is 6.84. The van der Waals surface area contributed by atoms with Crippen LogP contribution in [0.25, 0.3) is 24.4 Å². The van der Waals surface area contributed by atoms with Gasteiger partial charge in [0.15, 0.2) is 0 Å².